The molecule has 0 radical (unpaired) electrons. The summed E-state index contributed by atoms with van der Waals surface area (Å²) >= 11 is 0. The third-order valence-electron chi connectivity index (χ3n) is 12.6. The van der Waals surface area contributed by atoms with Crippen molar-refractivity contribution >= 4 is 41.8 Å². The Bertz CT molecular complexity index is 2220. The van der Waals surface area contributed by atoms with Gasteiger partial charge < -0.3 is 8.37 Å². The van der Waals surface area contributed by atoms with Gasteiger partial charge in [0.15, 0.2) is 11.5 Å². The molecule has 0 aromatic heterocycles. The van der Waals surface area contributed by atoms with Crippen molar-refractivity contribution in [3.63, 3.8) is 0 Å². The molecule has 4 aliphatic rings. The summed E-state index contributed by atoms with van der Waals surface area (Å²) in [4.78, 5) is 0. The zero-order chi connectivity index (χ0) is 37.2. The van der Waals surface area contributed by atoms with Crippen molar-refractivity contribution in [1.29, 1.82) is 0 Å². The van der Waals surface area contributed by atoms with Crippen LogP contribution in [0.4, 0.5) is 26.3 Å². The fraction of sp³-hybridized carbons (Fsp3) is 0.474. The Labute approximate surface area is 297 Å². The topological polar surface area (TPSA) is 86.7 Å². The molecule has 4 aliphatic carbocycles. The van der Waals surface area contributed by atoms with Gasteiger partial charge in [-0.25, -0.2) is 0 Å². The predicted octanol–water partition coefficient (Wildman–Crippen LogP) is 10.6. The number of alkyl halides is 6. The van der Waals surface area contributed by atoms with Gasteiger partial charge >= 0.3 is 31.3 Å². The van der Waals surface area contributed by atoms with Crippen molar-refractivity contribution in [3.8, 4) is 22.6 Å². The second-order valence-electron chi connectivity index (χ2n) is 15.5. The molecule has 4 atom stereocenters. The van der Waals surface area contributed by atoms with Gasteiger partial charge in [-0.15, -0.1) is 0 Å². The Morgan fingerprint density at radius 2 is 0.923 bits per heavy atom. The molecule has 6 nitrogen and oxygen atoms in total. The number of hydrogen-bond donors (Lipinski definition) is 0. The van der Waals surface area contributed by atoms with E-state index in [0.717, 1.165) is 85.8 Å². The molecule has 0 saturated heterocycles. The lowest BCUT2D eigenvalue weighted by molar-refractivity contribution is -0.0505. The summed E-state index contributed by atoms with van der Waals surface area (Å²) < 4.78 is 143. The standard InChI is InChI=1S/C38H36F6O6S2/c1-35-17-3-5-29(35)25-7-9-27-21(23(25)15-19-35)11-13-31(49-51(45,46)37(39,40)41)33(27)34-28-10-8-26-24(16-20-36(2)18-4-6-30(26)36)22(28)12-14-32(34)50-52(47,48)38(42,43)44/h7-14,29-30H,3-6,15-20H2,1-2H3/t29-,30-,35-,36-/m0/s1. The first kappa shape index (κ1) is 35.5. The lowest BCUT2D eigenvalue weighted by Crippen LogP contribution is -2.29. The molecule has 0 aliphatic heterocycles. The van der Waals surface area contributed by atoms with Gasteiger partial charge in [-0.2, -0.15) is 43.2 Å². The monoisotopic (exact) mass is 766 g/mol. The van der Waals surface area contributed by atoms with Crippen molar-refractivity contribution in [3.05, 3.63) is 70.8 Å². The number of halogens is 6. The summed E-state index contributed by atoms with van der Waals surface area (Å²) in [6.45, 7) is 4.47. The average molecular weight is 767 g/mol. The Morgan fingerprint density at radius 1 is 0.558 bits per heavy atom. The molecule has 2 fully saturated rings. The maximum Gasteiger partial charge on any atom is 0.534 e. The van der Waals surface area contributed by atoms with E-state index in [1.807, 2.05) is 12.1 Å². The zero-order valence-corrected chi connectivity index (χ0v) is 30.0. The molecule has 4 aromatic carbocycles. The first-order chi connectivity index (χ1) is 24.2. The number of hydrogen-bond acceptors (Lipinski definition) is 6. The van der Waals surface area contributed by atoms with Crippen LogP contribution in [0.5, 0.6) is 11.5 Å². The van der Waals surface area contributed by atoms with Crippen LogP contribution in [-0.2, 0) is 33.1 Å². The fourth-order valence-electron chi connectivity index (χ4n) is 10.1. The highest BCUT2D eigenvalue weighted by Crippen LogP contribution is 2.59. The highest BCUT2D eigenvalue weighted by atomic mass is 32.2. The van der Waals surface area contributed by atoms with Gasteiger partial charge in [0.1, 0.15) is 0 Å². The fourth-order valence-corrected chi connectivity index (χ4v) is 11.0. The van der Waals surface area contributed by atoms with E-state index in [4.69, 9.17) is 8.37 Å². The number of benzene rings is 4. The van der Waals surface area contributed by atoms with Crippen molar-refractivity contribution in [2.45, 2.75) is 101 Å². The van der Waals surface area contributed by atoms with Crippen molar-refractivity contribution in [1.82, 2.24) is 0 Å². The van der Waals surface area contributed by atoms with Crippen LogP contribution in [0.25, 0.3) is 32.7 Å². The number of rotatable bonds is 5. The van der Waals surface area contributed by atoms with Crippen LogP contribution in [0.2, 0.25) is 0 Å². The molecule has 52 heavy (non-hydrogen) atoms. The van der Waals surface area contributed by atoms with Crippen LogP contribution < -0.4 is 8.37 Å². The van der Waals surface area contributed by atoms with E-state index in [1.165, 1.54) is 12.1 Å². The third kappa shape index (κ3) is 5.32. The lowest BCUT2D eigenvalue weighted by atomic mass is 9.66. The SMILES string of the molecule is C[C@@]12CCC[C@H]1c1ccc3c(-c4c(OS(=O)(=O)C(F)(F)F)ccc5c6c(ccc45)[C@@H]4CCC[C@@]4(C)CC6)c(OS(=O)(=O)C(F)(F)F)ccc3c1CC2. The molecule has 2 saturated carbocycles. The maximum absolute atomic E-state index is 13.8. The van der Waals surface area contributed by atoms with Gasteiger partial charge in [-0.3, -0.25) is 0 Å². The Hall–Kier alpha value is -3.52. The summed E-state index contributed by atoms with van der Waals surface area (Å²) in [5.74, 6) is -1.22. The smallest absolute Gasteiger partial charge is 0.375 e. The summed E-state index contributed by atoms with van der Waals surface area (Å²) in [5, 5.41) is 1.50. The van der Waals surface area contributed by atoms with E-state index in [1.54, 1.807) is 12.1 Å². The quantitative estimate of drug-likeness (QED) is 0.114. The van der Waals surface area contributed by atoms with E-state index in [9.17, 15) is 43.2 Å². The molecule has 0 bridgehead atoms. The second kappa shape index (κ2) is 11.5. The molecule has 278 valence electrons. The van der Waals surface area contributed by atoms with Gasteiger partial charge in [-0.05, 0) is 130 Å². The first-order valence-electron chi connectivity index (χ1n) is 17.4. The Balaban J connectivity index is 1.46. The van der Waals surface area contributed by atoms with Gasteiger partial charge in [0.05, 0.1) is 0 Å². The van der Waals surface area contributed by atoms with E-state index in [0.29, 0.717) is 23.6 Å². The molecular weight excluding hydrogens is 731 g/mol. The van der Waals surface area contributed by atoms with Gasteiger partial charge in [0.25, 0.3) is 0 Å². The summed E-state index contributed by atoms with van der Waals surface area (Å²) in [5.41, 5.74) is -8.27. The zero-order valence-electron chi connectivity index (χ0n) is 28.4. The summed E-state index contributed by atoms with van der Waals surface area (Å²) in [6, 6.07) is 12.0. The lowest BCUT2D eigenvalue weighted by Gasteiger charge is -2.39. The van der Waals surface area contributed by atoms with Crippen LogP contribution in [-0.4, -0.2) is 27.9 Å². The molecule has 0 heterocycles. The third-order valence-corrected chi connectivity index (χ3v) is 14.6. The maximum atomic E-state index is 13.8. The average Bonchev–Trinajstić information content (AvgIpc) is 3.65. The van der Waals surface area contributed by atoms with Gasteiger partial charge in [0.2, 0.25) is 0 Å². The summed E-state index contributed by atoms with van der Waals surface area (Å²) in [6.07, 6.45) is 8.89. The second-order valence-corrected chi connectivity index (χ2v) is 18.6. The molecule has 14 heteroatoms. The number of fused-ring (bicyclic) bond motifs is 10. The predicted molar refractivity (Wildman–Crippen MR) is 184 cm³/mol. The minimum Gasteiger partial charge on any atom is -0.375 e. The largest absolute Gasteiger partial charge is 0.534 e. The van der Waals surface area contributed by atoms with E-state index < -0.39 is 42.8 Å². The minimum atomic E-state index is -6.28. The molecular formula is C38H36F6O6S2. The molecule has 0 spiro atoms. The van der Waals surface area contributed by atoms with Crippen molar-refractivity contribution in [2.24, 2.45) is 10.8 Å². The highest BCUT2D eigenvalue weighted by Gasteiger charge is 2.51. The molecule has 0 unspecified atom stereocenters. The Morgan fingerprint density at radius 3 is 1.29 bits per heavy atom. The molecule has 0 amide bonds. The molecule has 4 aromatic rings. The van der Waals surface area contributed by atoms with Crippen LogP contribution in [0.3, 0.4) is 0 Å². The van der Waals surface area contributed by atoms with Crippen molar-refractivity contribution < 1.29 is 51.5 Å². The molecule has 0 N–H and O–H groups in total. The first-order valence-corrected chi connectivity index (χ1v) is 20.3. The van der Waals surface area contributed by atoms with Crippen LogP contribution in [0.1, 0.15) is 99.3 Å². The van der Waals surface area contributed by atoms with E-state index >= 15 is 0 Å². The van der Waals surface area contributed by atoms with Crippen LogP contribution in [0, 0.1) is 10.8 Å². The van der Waals surface area contributed by atoms with Crippen LogP contribution >= 0.6 is 0 Å². The van der Waals surface area contributed by atoms with E-state index in [-0.39, 0.29) is 44.6 Å². The number of aryl methyl sites for hydroxylation is 2. The Kier molecular flexibility index (Phi) is 7.85. The minimum absolute atomic E-state index is 0.0599. The van der Waals surface area contributed by atoms with Crippen LogP contribution in [0.15, 0.2) is 48.5 Å². The van der Waals surface area contributed by atoms with Gasteiger partial charge in [-0.1, -0.05) is 63.1 Å². The highest BCUT2D eigenvalue weighted by molar-refractivity contribution is 7.88. The van der Waals surface area contributed by atoms with Gasteiger partial charge in [0, 0.05) is 11.1 Å². The normalized spacial score (nSPS) is 26.2. The molecule has 8 rings (SSSR count). The van der Waals surface area contributed by atoms with E-state index in [2.05, 4.69) is 13.8 Å². The van der Waals surface area contributed by atoms with Crippen molar-refractivity contribution in [2.75, 3.05) is 0 Å². The summed E-state index contributed by atoms with van der Waals surface area (Å²) in [7, 11) is -12.6.